The Morgan fingerprint density at radius 3 is 1.73 bits per heavy atom. The van der Waals surface area contributed by atoms with Crippen LogP contribution in [-0.2, 0) is 22.7 Å². The number of carbonyl (C=O) groups excluding carboxylic acids is 2. The molecule has 22 heavy (non-hydrogen) atoms. The van der Waals surface area contributed by atoms with Crippen molar-refractivity contribution >= 4 is 35.0 Å². The summed E-state index contributed by atoms with van der Waals surface area (Å²) in [5.41, 5.74) is 2.01. The van der Waals surface area contributed by atoms with E-state index in [-0.39, 0.29) is 11.8 Å². The van der Waals surface area contributed by atoms with E-state index in [9.17, 15) is 9.59 Å². The molecule has 1 rings (SSSR count). The quantitative estimate of drug-likeness (QED) is 0.641. The number of nitrogens with one attached hydrogen (secondary N) is 2. The van der Waals surface area contributed by atoms with Crippen molar-refractivity contribution in [2.45, 2.75) is 38.8 Å². The molecule has 0 heterocycles. The summed E-state index contributed by atoms with van der Waals surface area (Å²) < 4.78 is 0. The van der Waals surface area contributed by atoms with E-state index in [4.69, 9.17) is 23.2 Å². The number of hydrogen-bond acceptors (Lipinski definition) is 2. The van der Waals surface area contributed by atoms with Gasteiger partial charge in [0, 0.05) is 37.7 Å². The summed E-state index contributed by atoms with van der Waals surface area (Å²) in [6, 6.07) is 7.78. The summed E-state index contributed by atoms with van der Waals surface area (Å²) in [6.07, 6.45) is 2.25. The highest BCUT2D eigenvalue weighted by atomic mass is 35.5. The van der Waals surface area contributed by atoms with Gasteiger partial charge in [-0.05, 0) is 24.0 Å². The van der Waals surface area contributed by atoms with Gasteiger partial charge in [-0.3, -0.25) is 9.59 Å². The third kappa shape index (κ3) is 8.25. The molecule has 2 amide bonds. The second kappa shape index (κ2) is 11.3. The fourth-order valence-corrected chi connectivity index (χ4v) is 2.15. The normalized spacial score (nSPS) is 10.3. The van der Waals surface area contributed by atoms with Gasteiger partial charge in [0.15, 0.2) is 0 Å². The second-order valence-corrected chi connectivity index (χ2v) is 5.71. The van der Waals surface area contributed by atoms with Crippen molar-refractivity contribution in [1.82, 2.24) is 10.6 Å². The van der Waals surface area contributed by atoms with Crippen LogP contribution < -0.4 is 10.6 Å². The van der Waals surface area contributed by atoms with Crippen molar-refractivity contribution < 1.29 is 9.59 Å². The second-order valence-electron chi connectivity index (χ2n) is 4.96. The van der Waals surface area contributed by atoms with Crippen LogP contribution in [0.4, 0.5) is 0 Å². The van der Waals surface area contributed by atoms with Crippen LogP contribution >= 0.6 is 23.2 Å². The van der Waals surface area contributed by atoms with E-state index in [0.717, 1.165) is 11.1 Å². The van der Waals surface area contributed by atoms with Gasteiger partial charge in [0.25, 0.3) is 0 Å². The first-order valence-electron chi connectivity index (χ1n) is 7.39. The Kier molecular flexibility index (Phi) is 9.67. The molecule has 122 valence electrons. The highest BCUT2D eigenvalue weighted by Crippen LogP contribution is 2.06. The minimum absolute atomic E-state index is 0.000398. The van der Waals surface area contributed by atoms with Crippen LogP contribution in [0.1, 0.15) is 36.8 Å². The Bertz CT molecular complexity index is 442. The molecule has 0 unspecified atom stereocenters. The predicted molar refractivity (Wildman–Crippen MR) is 90.0 cm³/mol. The monoisotopic (exact) mass is 344 g/mol. The molecule has 0 atom stereocenters. The first-order chi connectivity index (χ1) is 10.7. The van der Waals surface area contributed by atoms with Crippen molar-refractivity contribution in [2.24, 2.45) is 0 Å². The van der Waals surface area contributed by atoms with Gasteiger partial charge in [0.1, 0.15) is 0 Å². The highest BCUT2D eigenvalue weighted by molar-refractivity contribution is 6.18. The first-order valence-corrected chi connectivity index (χ1v) is 8.45. The van der Waals surface area contributed by atoms with Crippen LogP contribution in [0, 0.1) is 0 Å². The standard InChI is InChI=1S/C16H22Cl2N2O2/c17-8-2-6-15(21)19-11-13-4-1-5-14(10-13)12-20-16(22)7-3-9-18/h1,4-5,10H,2-3,6-9,11-12H2,(H,19,21)(H,20,22). The lowest BCUT2D eigenvalue weighted by atomic mass is 10.1. The lowest BCUT2D eigenvalue weighted by Gasteiger charge is -2.08. The Labute approximate surface area is 141 Å². The summed E-state index contributed by atoms with van der Waals surface area (Å²) in [4.78, 5) is 23.1. The Morgan fingerprint density at radius 2 is 1.32 bits per heavy atom. The van der Waals surface area contributed by atoms with Crippen molar-refractivity contribution in [3.05, 3.63) is 35.4 Å². The van der Waals surface area contributed by atoms with Crippen LogP contribution in [0.3, 0.4) is 0 Å². The van der Waals surface area contributed by atoms with Gasteiger partial charge in [-0.15, -0.1) is 23.2 Å². The van der Waals surface area contributed by atoms with E-state index in [1.54, 1.807) is 0 Å². The number of halogens is 2. The van der Waals surface area contributed by atoms with Gasteiger partial charge in [0.05, 0.1) is 0 Å². The molecular formula is C16H22Cl2N2O2. The van der Waals surface area contributed by atoms with E-state index in [2.05, 4.69) is 10.6 Å². The third-order valence-corrected chi connectivity index (χ3v) is 3.58. The maximum Gasteiger partial charge on any atom is 0.220 e. The number of alkyl halides is 2. The fraction of sp³-hybridized carbons (Fsp3) is 0.500. The zero-order chi connectivity index (χ0) is 16.2. The Balaban J connectivity index is 2.38. The summed E-state index contributed by atoms with van der Waals surface area (Å²) >= 11 is 11.1. The average molecular weight is 345 g/mol. The maximum atomic E-state index is 11.5. The molecular weight excluding hydrogens is 323 g/mol. The molecule has 2 N–H and O–H groups in total. The third-order valence-electron chi connectivity index (χ3n) is 3.05. The van der Waals surface area contributed by atoms with Gasteiger partial charge in [0.2, 0.25) is 11.8 Å². The molecule has 1 aromatic rings. The van der Waals surface area contributed by atoms with Gasteiger partial charge in [-0.1, -0.05) is 24.3 Å². The molecule has 0 aromatic heterocycles. The molecule has 0 bridgehead atoms. The zero-order valence-corrected chi connectivity index (χ0v) is 14.1. The SMILES string of the molecule is O=C(CCCCl)NCc1cccc(CNC(=O)CCCCl)c1. The van der Waals surface area contributed by atoms with Crippen molar-refractivity contribution in [3.63, 3.8) is 0 Å². The summed E-state index contributed by atoms with van der Waals surface area (Å²) in [6.45, 7) is 0.963. The Hall–Kier alpha value is -1.26. The van der Waals surface area contributed by atoms with Gasteiger partial charge >= 0.3 is 0 Å². The number of carbonyl (C=O) groups is 2. The molecule has 0 aliphatic heterocycles. The van der Waals surface area contributed by atoms with Crippen LogP contribution in [0.15, 0.2) is 24.3 Å². The van der Waals surface area contributed by atoms with Crippen LogP contribution in [-0.4, -0.2) is 23.6 Å². The zero-order valence-electron chi connectivity index (χ0n) is 12.5. The molecule has 0 aliphatic rings. The van der Waals surface area contributed by atoms with Crippen molar-refractivity contribution in [2.75, 3.05) is 11.8 Å². The molecule has 0 saturated carbocycles. The van der Waals surface area contributed by atoms with Crippen LogP contribution in [0.5, 0.6) is 0 Å². The molecule has 0 fully saturated rings. The lowest BCUT2D eigenvalue weighted by molar-refractivity contribution is -0.122. The van der Waals surface area contributed by atoms with E-state index >= 15 is 0 Å². The summed E-state index contributed by atoms with van der Waals surface area (Å²) in [5, 5.41) is 5.71. The minimum Gasteiger partial charge on any atom is -0.352 e. The minimum atomic E-state index is 0.000398. The van der Waals surface area contributed by atoms with Crippen molar-refractivity contribution in [1.29, 1.82) is 0 Å². The lowest BCUT2D eigenvalue weighted by Crippen LogP contribution is -2.23. The molecule has 4 nitrogen and oxygen atoms in total. The molecule has 0 saturated heterocycles. The number of benzene rings is 1. The summed E-state index contributed by atoms with van der Waals surface area (Å²) in [5.74, 6) is 0.986. The van der Waals surface area contributed by atoms with E-state index < -0.39 is 0 Å². The fourth-order valence-electron chi connectivity index (χ4n) is 1.88. The predicted octanol–water partition coefficient (Wildman–Crippen LogP) is 2.96. The maximum absolute atomic E-state index is 11.5. The molecule has 0 spiro atoms. The van der Waals surface area contributed by atoms with Crippen LogP contribution in [0.25, 0.3) is 0 Å². The van der Waals surface area contributed by atoms with Crippen molar-refractivity contribution in [3.8, 4) is 0 Å². The van der Waals surface area contributed by atoms with E-state index in [0.29, 0.717) is 50.5 Å². The van der Waals surface area contributed by atoms with Gasteiger partial charge in [-0.25, -0.2) is 0 Å². The number of rotatable bonds is 10. The smallest absolute Gasteiger partial charge is 0.220 e. The van der Waals surface area contributed by atoms with E-state index in [1.807, 2.05) is 24.3 Å². The largest absolute Gasteiger partial charge is 0.352 e. The topological polar surface area (TPSA) is 58.2 Å². The van der Waals surface area contributed by atoms with Crippen LogP contribution in [0.2, 0.25) is 0 Å². The molecule has 0 radical (unpaired) electrons. The Morgan fingerprint density at radius 1 is 0.864 bits per heavy atom. The number of hydrogen-bond donors (Lipinski definition) is 2. The molecule has 1 aromatic carbocycles. The molecule has 0 aliphatic carbocycles. The summed E-state index contributed by atoms with van der Waals surface area (Å²) in [7, 11) is 0. The molecule has 6 heteroatoms. The van der Waals surface area contributed by atoms with Gasteiger partial charge < -0.3 is 10.6 Å². The van der Waals surface area contributed by atoms with Gasteiger partial charge in [-0.2, -0.15) is 0 Å². The average Bonchev–Trinajstić information content (AvgIpc) is 2.54. The van der Waals surface area contributed by atoms with E-state index in [1.165, 1.54) is 0 Å². The number of amides is 2. The first kappa shape index (κ1) is 18.8. The highest BCUT2D eigenvalue weighted by Gasteiger charge is 2.03.